The van der Waals surface area contributed by atoms with Gasteiger partial charge in [0.15, 0.2) is 0 Å². The van der Waals surface area contributed by atoms with Crippen molar-refractivity contribution in [3.8, 4) is 0 Å². The molecule has 2 aromatic carbocycles. The van der Waals surface area contributed by atoms with Crippen LogP contribution in [0.4, 0.5) is 22.1 Å². The molecule has 2 amide bonds. The molecule has 0 spiro atoms. The van der Waals surface area contributed by atoms with Gasteiger partial charge in [0.05, 0.1) is 4.90 Å². The Bertz CT molecular complexity index is 978. The van der Waals surface area contributed by atoms with Crippen LogP contribution in [0.3, 0.4) is 0 Å². The Kier molecular flexibility index (Phi) is 5.09. The van der Waals surface area contributed by atoms with Crippen LogP contribution in [0, 0.1) is 0 Å². The highest BCUT2D eigenvalue weighted by molar-refractivity contribution is 7.92. The molecule has 0 saturated carbocycles. The lowest BCUT2D eigenvalue weighted by atomic mass is 10.3. The number of hydrogen-bond acceptors (Lipinski definition) is 5. The third-order valence-corrected chi connectivity index (χ3v) is 4.59. The van der Waals surface area contributed by atoms with Gasteiger partial charge in [-0.2, -0.15) is 0 Å². The molecule has 9 heteroatoms. The summed E-state index contributed by atoms with van der Waals surface area (Å²) in [6, 6.07) is 15.9. The van der Waals surface area contributed by atoms with Gasteiger partial charge in [0, 0.05) is 23.8 Å². The maximum atomic E-state index is 12.3. The minimum Gasteiger partial charge on any atom is -0.308 e. The molecule has 26 heavy (non-hydrogen) atoms. The number of carbonyl (C=O) groups excluding carboxylic acids is 1. The second-order valence-corrected chi connectivity index (χ2v) is 6.83. The summed E-state index contributed by atoms with van der Waals surface area (Å²) in [5.41, 5.74) is 1.10. The zero-order valence-electron chi connectivity index (χ0n) is 13.5. The molecule has 1 aromatic heterocycles. The van der Waals surface area contributed by atoms with Gasteiger partial charge in [-0.1, -0.05) is 18.2 Å². The first-order valence-electron chi connectivity index (χ1n) is 7.56. The van der Waals surface area contributed by atoms with Gasteiger partial charge < -0.3 is 10.6 Å². The Hall–Kier alpha value is -3.46. The predicted octanol–water partition coefficient (Wildman–Crippen LogP) is 2.92. The van der Waals surface area contributed by atoms with Crippen molar-refractivity contribution in [3.63, 3.8) is 0 Å². The Morgan fingerprint density at radius 2 is 1.35 bits per heavy atom. The van der Waals surface area contributed by atoms with Crippen molar-refractivity contribution in [3.05, 3.63) is 73.1 Å². The molecule has 0 aliphatic rings. The van der Waals surface area contributed by atoms with E-state index in [0.29, 0.717) is 11.4 Å². The lowest BCUT2D eigenvalue weighted by molar-refractivity contribution is 0.262. The van der Waals surface area contributed by atoms with E-state index in [9.17, 15) is 13.2 Å². The fourth-order valence-corrected chi connectivity index (χ4v) is 3.02. The van der Waals surface area contributed by atoms with Gasteiger partial charge in [-0.3, -0.25) is 0 Å². The highest BCUT2D eigenvalue weighted by Crippen LogP contribution is 2.16. The Labute approximate surface area is 150 Å². The van der Waals surface area contributed by atoms with Crippen LogP contribution < -0.4 is 15.4 Å². The van der Waals surface area contributed by atoms with E-state index in [1.165, 1.54) is 36.7 Å². The minimum atomic E-state index is -3.81. The van der Waals surface area contributed by atoms with Crippen LogP contribution >= 0.6 is 0 Å². The SMILES string of the molecule is O=C(Nc1ccccc1)Nc1ccc(S(=O)(=O)Nc2ncccn2)cc1. The molecule has 0 saturated heterocycles. The molecule has 1 heterocycles. The van der Waals surface area contributed by atoms with E-state index in [1.54, 1.807) is 30.3 Å². The number of nitrogens with zero attached hydrogens (tertiary/aromatic N) is 2. The number of rotatable bonds is 5. The first-order valence-corrected chi connectivity index (χ1v) is 9.04. The highest BCUT2D eigenvalue weighted by Gasteiger charge is 2.15. The van der Waals surface area contributed by atoms with Crippen LogP contribution in [0.2, 0.25) is 0 Å². The van der Waals surface area contributed by atoms with E-state index in [1.807, 2.05) is 6.07 Å². The molecule has 0 unspecified atom stereocenters. The number of urea groups is 1. The second kappa shape index (κ2) is 7.62. The molecule has 3 N–H and O–H groups in total. The number of amides is 2. The molecule has 0 aliphatic heterocycles. The van der Waals surface area contributed by atoms with Crippen molar-refractivity contribution >= 4 is 33.4 Å². The second-order valence-electron chi connectivity index (χ2n) is 5.15. The molecule has 0 atom stereocenters. The number of nitrogens with one attached hydrogen (secondary N) is 3. The summed E-state index contributed by atoms with van der Waals surface area (Å²) in [5.74, 6) is -0.0167. The van der Waals surface area contributed by atoms with Crippen molar-refractivity contribution in [2.24, 2.45) is 0 Å². The average molecular weight is 369 g/mol. The first-order chi connectivity index (χ1) is 12.5. The lowest BCUT2D eigenvalue weighted by Crippen LogP contribution is -2.19. The lowest BCUT2D eigenvalue weighted by Gasteiger charge is -2.09. The maximum Gasteiger partial charge on any atom is 0.323 e. The van der Waals surface area contributed by atoms with Crippen molar-refractivity contribution in [2.45, 2.75) is 4.90 Å². The largest absolute Gasteiger partial charge is 0.323 e. The van der Waals surface area contributed by atoms with Crippen LogP contribution in [0.1, 0.15) is 0 Å². The normalized spacial score (nSPS) is 10.8. The predicted molar refractivity (Wildman–Crippen MR) is 98.4 cm³/mol. The average Bonchev–Trinajstić information content (AvgIpc) is 2.63. The Morgan fingerprint density at radius 1 is 0.769 bits per heavy atom. The molecule has 0 bridgehead atoms. The van der Waals surface area contributed by atoms with Gasteiger partial charge in [0.2, 0.25) is 5.95 Å². The van der Waals surface area contributed by atoms with Crippen LogP contribution in [-0.4, -0.2) is 24.4 Å². The summed E-state index contributed by atoms with van der Waals surface area (Å²) in [4.78, 5) is 19.6. The van der Waals surface area contributed by atoms with Crippen molar-refractivity contribution in [1.82, 2.24) is 9.97 Å². The summed E-state index contributed by atoms with van der Waals surface area (Å²) in [6.45, 7) is 0. The van der Waals surface area contributed by atoms with E-state index >= 15 is 0 Å². The highest BCUT2D eigenvalue weighted by atomic mass is 32.2. The van der Waals surface area contributed by atoms with Gasteiger partial charge in [0.25, 0.3) is 10.0 Å². The molecule has 132 valence electrons. The fourth-order valence-electron chi connectivity index (χ4n) is 2.06. The number of hydrogen-bond donors (Lipinski definition) is 3. The quantitative estimate of drug-likeness (QED) is 0.640. The smallest absolute Gasteiger partial charge is 0.308 e. The molecule has 0 aliphatic carbocycles. The van der Waals surface area contributed by atoms with Gasteiger partial charge in [-0.15, -0.1) is 0 Å². The minimum absolute atomic E-state index is 0.0167. The summed E-state index contributed by atoms with van der Waals surface area (Å²) >= 11 is 0. The number of sulfonamides is 1. The third kappa shape index (κ3) is 4.54. The molecule has 0 fully saturated rings. The summed E-state index contributed by atoms with van der Waals surface area (Å²) in [7, 11) is -3.81. The topological polar surface area (TPSA) is 113 Å². The van der Waals surface area contributed by atoms with Crippen LogP contribution in [0.5, 0.6) is 0 Å². The summed E-state index contributed by atoms with van der Waals surface area (Å²) in [5, 5.41) is 5.30. The molecule has 0 radical (unpaired) electrons. The standard InChI is InChI=1S/C17H15N5O3S/c23-17(20-13-5-2-1-3-6-13)21-14-7-9-15(10-8-14)26(24,25)22-16-18-11-4-12-19-16/h1-12H,(H,18,19,22)(H2,20,21,23). The third-order valence-electron chi connectivity index (χ3n) is 3.25. The Balaban J connectivity index is 1.65. The van der Waals surface area contributed by atoms with Crippen molar-refractivity contribution < 1.29 is 13.2 Å². The number of para-hydroxylation sites is 1. The van der Waals surface area contributed by atoms with E-state index in [2.05, 4.69) is 25.3 Å². The van der Waals surface area contributed by atoms with Crippen LogP contribution in [-0.2, 0) is 10.0 Å². The zero-order valence-corrected chi connectivity index (χ0v) is 14.3. The zero-order chi connectivity index (χ0) is 18.4. The molecular formula is C17H15N5O3S. The van der Waals surface area contributed by atoms with E-state index in [0.717, 1.165) is 0 Å². The summed E-state index contributed by atoms with van der Waals surface area (Å²) in [6.07, 6.45) is 2.87. The van der Waals surface area contributed by atoms with Crippen molar-refractivity contribution in [1.29, 1.82) is 0 Å². The van der Waals surface area contributed by atoms with Crippen LogP contribution in [0.15, 0.2) is 78.0 Å². The van der Waals surface area contributed by atoms with E-state index < -0.39 is 16.1 Å². The van der Waals surface area contributed by atoms with Gasteiger partial charge in [-0.05, 0) is 42.5 Å². The maximum absolute atomic E-state index is 12.3. The van der Waals surface area contributed by atoms with Crippen LogP contribution in [0.25, 0.3) is 0 Å². The molecule has 3 aromatic rings. The van der Waals surface area contributed by atoms with E-state index in [-0.39, 0.29) is 10.8 Å². The fraction of sp³-hybridized carbons (Fsp3) is 0. The molecular weight excluding hydrogens is 354 g/mol. The van der Waals surface area contributed by atoms with Gasteiger partial charge >= 0.3 is 6.03 Å². The number of aromatic nitrogens is 2. The van der Waals surface area contributed by atoms with Gasteiger partial charge in [0.1, 0.15) is 0 Å². The van der Waals surface area contributed by atoms with E-state index in [4.69, 9.17) is 0 Å². The monoisotopic (exact) mass is 369 g/mol. The van der Waals surface area contributed by atoms with Gasteiger partial charge in [-0.25, -0.2) is 27.9 Å². The number of benzene rings is 2. The molecule has 3 rings (SSSR count). The Morgan fingerprint density at radius 3 is 1.96 bits per heavy atom. The number of anilines is 3. The number of carbonyl (C=O) groups is 1. The first kappa shape index (κ1) is 17.4. The summed E-state index contributed by atoms with van der Waals surface area (Å²) < 4.78 is 26.8. The van der Waals surface area contributed by atoms with Crippen molar-refractivity contribution in [2.75, 3.05) is 15.4 Å². The molecule has 8 nitrogen and oxygen atoms in total.